The number of carbonyl (C=O) groups excluding carboxylic acids is 1. The zero-order valence-corrected chi connectivity index (χ0v) is 10.6. The average Bonchev–Trinajstić information content (AvgIpc) is 2.73. The summed E-state index contributed by atoms with van der Waals surface area (Å²) in [6, 6.07) is 5.25. The number of nitrogens with zero attached hydrogens (tertiary/aromatic N) is 1. The van der Waals surface area contributed by atoms with Gasteiger partial charge in [-0.3, -0.25) is 4.79 Å². The molecule has 1 amide bonds. The monoisotopic (exact) mass is 245 g/mol. The number of amides is 1. The summed E-state index contributed by atoms with van der Waals surface area (Å²) in [6.45, 7) is 5.66. The van der Waals surface area contributed by atoms with Gasteiger partial charge >= 0.3 is 0 Å². The van der Waals surface area contributed by atoms with Crippen LogP contribution in [0, 0.1) is 20.8 Å². The molecule has 3 N–H and O–H groups in total. The number of nitrogens with two attached hydrogens (primary N) is 1. The second-order valence-electron chi connectivity index (χ2n) is 4.30. The summed E-state index contributed by atoms with van der Waals surface area (Å²) in [5.74, 6) is 0.259. The largest absolute Gasteiger partial charge is 0.397 e. The molecule has 94 valence electrons. The summed E-state index contributed by atoms with van der Waals surface area (Å²) in [5, 5.41) is 6.38. The quantitative estimate of drug-likeness (QED) is 0.796. The molecule has 5 heteroatoms. The van der Waals surface area contributed by atoms with Crippen LogP contribution in [-0.4, -0.2) is 11.1 Å². The van der Waals surface area contributed by atoms with Gasteiger partial charge in [0.2, 0.25) is 0 Å². The van der Waals surface area contributed by atoms with Crippen LogP contribution in [0.3, 0.4) is 0 Å². The Morgan fingerprint density at radius 3 is 2.50 bits per heavy atom. The maximum absolute atomic E-state index is 11.9. The lowest BCUT2D eigenvalue weighted by Gasteiger charge is -2.09. The van der Waals surface area contributed by atoms with Gasteiger partial charge in [0.15, 0.2) is 5.69 Å². The van der Waals surface area contributed by atoms with Crippen LogP contribution in [0.15, 0.2) is 22.7 Å². The molecule has 2 rings (SSSR count). The second kappa shape index (κ2) is 4.52. The third-order valence-electron chi connectivity index (χ3n) is 2.77. The lowest BCUT2D eigenvalue weighted by Crippen LogP contribution is -2.13. The van der Waals surface area contributed by atoms with Gasteiger partial charge in [0.05, 0.1) is 11.4 Å². The predicted molar refractivity (Wildman–Crippen MR) is 69.5 cm³/mol. The first-order valence-corrected chi connectivity index (χ1v) is 5.59. The van der Waals surface area contributed by atoms with Crippen LogP contribution in [-0.2, 0) is 0 Å². The van der Waals surface area contributed by atoms with Gasteiger partial charge in [0.25, 0.3) is 5.91 Å². The minimum atomic E-state index is -0.332. The number of aromatic nitrogens is 1. The molecular formula is C13H15N3O2. The molecule has 18 heavy (non-hydrogen) atoms. The fourth-order valence-corrected chi connectivity index (χ4v) is 1.61. The van der Waals surface area contributed by atoms with Gasteiger partial charge in [0, 0.05) is 6.07 Å². The molecule has 5 nitrogen and oxygen atoms in total. The van der Waals surface area contributed by atoms with Gasteiger partial charge in [-0.2, -0.15) is 0 Å². The number of benzene rings is 1. The molecule has 1 aromatic carbocycles. The molecule has 0 saturated heterocycles. The molecule has 0 radical (unpaired) electrons. The third-order valence-corrected chi connectivity index (χ3v) is 2.77. The van der Waals surface area contributed by atoms with Crippen molar-refractivity contribution >= 4 is 17.3 Å². The predicted octanol–water partition coefficient (Wildman–Crippen LogP) is 2.43. The van der Waals surface area contributed by atoms with E-state index in [-0.39, 0.29) is 11.6 Å². The van der Waals surface area contributed by atoms with Gasteiger partial charge in [-0.1, -0.05) is 5.16 Å². The molecule has 0 aliphatic rings. The minimum Gasteiger partial charge on any atom is -0.397 e. The highest BCUT2D eigenvalue weighted by molar-refractivity contribution is 6.04. The highest BCUT2D eigenvalue weighted by Crippen LogP contribution is 2.23. The number of carbonyl (C=O) groups is 1. The smallest absolute Gasteiger partial charge is 0.277 e. The summed E-state index contributed by atoms with van der Waals surface area (Å²) in [6.07, 6.45) is 0. The van der Waals surface area contributed by atoms with Crippen molar-refractivity contribution < 1.29 is 9.32 Å². The van der Waals surface area contributed by atoms with Crippen LogP contribution < -0.4 is 11.1 Å². The van der Waals surface area contributed by atoms with E-state index in [0.717, 1.165) is 11.1 Å². The van der Waals surface area contributed by atoms with Crippen molar-refractivity contribution in [3.8, 4) is 0 Å². The van der Waals surface area contributed by atoms with Crippen molar-refractivity contribution in [2.75, 3.05) is 11.1 Å². The maximum Gasteiger partial charge on any atom is 0.277 e. The van der Waals surface area contributed by atoms with Crippen molar-refractivity contribution in [1.82, 2.24) is 5.16 Å². The van der Waals surface area contributed by atoms with Crippen molar-refractivity contribution in [3.05, 3.63) is 40.8 Å². The fourth-order valence-electron chi connectivity index (χ4n) is 1.61. The van der Waals surface area contributed by atoms with E-state index < -0.39 is 0 Å². The molecule has 1 aromatic heterocycles. The molecule has 2 aromatic rings. The summed E-state index contributed by atoms with van der Waals surface area (Å²) in [7, 11) is 0. The van der Waals surface area contributed by atoms with Crippen LogP contribution in [0.4, 0.5) is 11.4 Å². The van der Waals surface area contributed by atoms with E-state index >= 15 is 0 Å². The zero-order valence-electron chi connectivity index (χ0n) is 10.6. The van der Waals surface area contributed by atoms with E-state index in [9.17, 15) is 4.79 Å². The summed E-state index contributed by atoms with van der Waals surface area (Å²) in [4.78, 5) is 11.9. The number of rotatable bonds is 2. The van der Waals surface area contributed by atoms with Crippen molar-refractivity contribution in [2.45, 2.75) is 20.8 Å². The number of aryl methyl sites for hydroxylation is 3. The molecule has 0 aliphatic heterocycles. The molecular weight excluding hydrogens is 230 g/mol. The van der Waals surface area contributed by atoms with Crippen LogP contribution >= 0.6 is 0 Å². The van der Waals surface area contributed by atoms with Gasteiger partial charge in [-0.05, 0) is 44.0 Å². The number of anilines is 2. The number of hydrogen-bond donors (Lipinski definition) is 2. The van der Waals surface area contributed by atoms with E-state index in [1.807, 2.05) is 26.0 Å². The summed E-state index contributed by atoms with van der Waals surface area (Å²) in [5.41, 5.74) is 9.38. The minimum absolute atomic E-state index is 0.241. The standard InChI is InChI=1S/C13H15N3O2/c1-7-4-10(14)11(5-8(7)2)15-13(17)12-6-9(3)18-16-12/h4-6H,14H2,1-3H3,(H,15,17). The Kier molecular flexibility index (Phi) is 3.06. The first kappa shape index (κ1) is 12.2. The van der Waals surface area contributed by atoms with Crippen LogP contribution in [0.1, 0.15) is 27.4 Å². The number of hydrogen-bond acceptors (Lipinski definition) is 4. The van der Waals surface area contributed by atoms with Gasteiger partial charge in [-0.25, -0.2) is 0 Å². The highest BCUT2D eigenvalue weighted by Gasteiger charge is 2.13. The molecule has 0 fully saturated rings. The Balaban J connectivity index is 2.24. The third kappa shape index (κ3) is 2.34. The lowest BCUT2D eigenvalue weighted by atomic mass is 10.1. The Morgan fingerprint density at radius 1 is 1.22 bits per heavy atom. The SMILES string of the molecule is Cc1cc(C(=O)Nc2cc(C)c(C)cc2N)no1. The maximum atomic E-state index is 11.9. The molecule has 0 bridgehead atoms. The molecule has 1 heterocycles. The van der Waals surface area contributed by atoms with Crippen molar-refractivity contribution in [2.24, 2.45) is 0 Å². The molecule has 0 aliphatic carbocycles. The Labute approximate surface area is 105 Å². The van der Waals surface area contributed by atoms with Crippen molar-refractivity contribution in [1.29, 1.82) is 0 Å². The van der Waals surface area contributed by atoms with Gasteiger partial charge < -0.3 is 15.6 Å². The van der Waals surface area contributed by atoms with Crippen LogP contribution in [0.2, 0.25) is 0 Å². The van der Waals surface area contributed by atoms with E-state index in [1.54, 1.807) is 13.0 Å². The molecule has 0 saturated carbocycles. The summed E-state index contributed by atoms with van der Waals surface area (Å²) < 4.78 is 4.85. The first-order valence-electron chi connectivity index (χ1n) is 5.59. The topological polar surface area (TPSA) is 81.2 Å². The molecule has 0 unspecified atom stereocenters. The van der Waals surface area contributed by atoms with E-state index in [0.29, 0.717) is 17.1 Å². The van der Waals surface area contributed by atoms with E-state index in [1.165, 1.54) is 0 Å². The van der Waals surface area contributed by atoms with Crippen molar-refractivity contribution in [3.63, 3.8) is 0 Å². The fraction of sp³-hybridized carbons (Fsp3) is 0.231. The molecule has 0 spiro atoms. The summed E-state index contributed by atoms with van der Waals surface area (Å²) >= 11 is 0. The number of nitrogen functional groups attached to an aromatic ring is 1. The highest BCUT2D eigenvalue weighted by atomic mass is 16.5. The molecule has 0 atom stereocenters. The average molecular weight is 245 g/mol. The second-order valence-corrected chi connectivity index (χ2v) is 4.30. The Bertz CT molecular complexity index is 602. The van der Waals surface area contributed by atoms with Crippen LogP contribution in [0.5, 0.6) is 0 Å². The van der Waals surface area contributed by atoms with E-state index in [2.05, 4.69) is 10.5 Å². The van der Waals surface area contributed by atoms with Crippen LogP contribution in [0.25, 0.3) is 0 Å². The Morgan fingerprint density at radius 2 is 1.89 bits per heavy atom. The first-order chi connectivity index (χ1) is 8.47. The normalized spacial score (nSPS) is 10.4. The zero-order chi connectivity index (χ0) is 13.3. The number of nitrogens with one attached hydrogen (secondary N) is 1. The Hall–Kier alpha value is -2.30. The van der Waals surface area contributed by atoms with Gasteiger partial charge in [0.1, 0.15) is 5.76 Å². The van der Waals surface area contributed by atoms with Gasteiger partial charge in [-0.15, -0.1) is 0 Å². The van der Waals surface area contributed by atoms with E-state index in [4.69, 9.17) is 10.3 Å². The lowest BCUT2D eigenvalue weighted by molar-refractivity contribution is 0.101.